The summed E-state index contributed by atoms with van der Waals surface area (Å²) in [7, 11) is 0. The highest BCUT2D eigenvalue weighted by Gasteiger charge is 1.86. The molecule has 0 aromatic heterocycles. The van der Waals surface area contributed by atoms with Crippen molar-refractivity contribution in [2.45, 2.75) is 13.8 Å². The van der Waals surface area contributed by atoms with E-state index in [1.807, 2.05) is 23.5 Å². The van der Waals surface area contributed by atoms with E-state index in [9.17, 15) is 0 Å². The molecule has 0 saturated heterocycles. The number of rotatable bonds is 6. The number of thioether (sulfide) groups is 2. The van der Waals surface area contributed by atoms with Gasteiger partial charge in [0.25, 0.3) is 0 Å². The molecule has 0 aliphatic carbocycles. The predicted molar refractivity (Wildman–Crippen MR) is 50.3 cm³/mol. The average molecular weight is 163 g/mol. The minimum Gasteiger partial charge on any atom is -0.162 e. The Morgan fingerprint density at radius 1 is 1.00 bits per heavy atom. The number of hydrogen-bond donors (Lipinski definition) is 0. The van der Waals surface area contributed by atoms with Gasteiger partial charge < -0.3 is 0 Å². The first-order valence-electron chi connectivity index (χ1n) is 3.39. The van der Waals surface area contributed by atoms with E-state index >= 15 is 0 Å². The lowest BCUT2D eigenvalue weighted by molar-refractivity contribution is 1.41. The van der Waals surface area contributed by atoms with Gasteiger partial charge in [0.15, 0.2) is 0 Å². The van der Waals surface area contributed by atoms with Crippen LogP contribution in [0.3, 0.4) is 0 Å². The third-order valence-electron chi connectivity index (χ3n) is 0.880. The zero-order valence-electron chi connectivity index (χ0n) is 6.22. The van der Waals surface area contributed by atoms with E-state index in [0.717, 1.165) is 0 Å². The van der Waals surface area contributed by atoms with E-state index in [4.69, 9.17) is 0 Å². The van der Waals surface area contributed by atoms with Crippen LogP contribution in [0, 0.1) is 6.42 Å². The molecule has 0 rings (SSSR count). The maximum Gasteiger partial charge on any atom is -0.00281 e. The van der Waals surface area contributed by atoms with Gasteiger partial charge in [-0.1, -0.05) is 13.8 Å². The minimum absolute atomic E-state index is 1.23. The Kier molecular flexibility index (Phi) is 9.38. The molecule has 0 aliphatic heterocycles. The Morgan fingerprint density at radius 2 is 1.44 bits per heavy atom. The fraction of sp³-hybridized carbons (Fsp3) is 0.857. The maximum atomic E-state index is 2.35. The highest BCUT2D eigenvalue weighted by molar-refractivity contribution is 8.00. The van der Waals surface area contributed by atoms with Crippen molar-refractivity contribution in [3.05, 3.63) is 6.42 Å². The van der Waals surface area contributed by atoms with Gasteiger partial charge in [-0.2, -0.15) is 23.5 Å². The molecule has 9 heavy (non-hydrogen) atoms. The van der Waals surface area contributed by atoms with Gasteiger partial charge in [-0.3, -0.25) is 0 Å². The highest BCUT2D eigenvalue weighted by Crippen LogP contribution is 2.05. The Bertz CT molecular complexity index is 40.2. The molecule has 0 atom stereocenters. The van der Waals surface area contributed by atoms with Crippen LogP contribution in [0.25, 0.3) is 0 Å². The molecular weight excluding hydrogens is 148 g/mol. The van der Waals surface area contributed by atoms with Crippen molar-refractivity contribution in [2.24, 2.45) is 0 Å². The first-order chi connectivity index (χ1) is 4.41. The molecule has 0 unspecified atom stereocenters. The topological polar surface area (TPSA) is 0 Å². The summed E-state index contributed by atoms with van der Waals surface area (Å²) >= 11 is 3.98. The van der Waals surface area contributed by atoms with Gasteiger partial charge in [-0.25, -0.2) is 0 Å². The molecule has 0 N–H and O–H groups in total. The van der Waals surface area contributed by atoms with Crippen LogP contribution >= 0.6 is 23.5 Å². The van der Waals surface area contributed by atoms with E-state index in [1.54, 1.807) is 0 Å². The smallest absolute Gasteiger partial charge is 0.00281 e. The Morgan fingerprint density at radius 3 is 1.78 bits per heavy atom. The number of hydrogen-bond acceptors (Lipinski definition) is 2. The zero-order valence-corrected chi connectivity index (χ0v) is 7.86. The summed E-state index contributed by atoms with van der Waals surface area (Å²) < 4.78 is 0. The van der Waals surface area contributed by atoms with E-state index in [2.05, 4.69) is 20.3 Å². The highest BCUT2D eigenvalue weighted by atomic mass is 32.2. The summed E-state index contributed by atoms with van der Waals surface area (Å²) in [6.07, 6.45) is 2.35. The van der Waals surface area contributed by atoms with Gasteiger partial charge >= 0.3 is 0 Å². The minimum atomic E-state index is 1.23. The SMILES string of the molecule is CCSC[CH]CSCC. The van der Waals surface area contributed by atoms with Gasteiger partial charge in [0.2, 0.25) is 0 Å². The van der Waals surface area contributed by atoms with Gasteiger partial charge in [-0.15, -0.1) is 0 Å². The first-order valence-corrected chi connectivity index (χ1v) is 5.69. The second-order valence-electron chi connectivity index (χ2n) is 1.61. The van der Waals surface area contributed by atoms with E-state index in [1.165, 1.54) is 23.0 Å². The third-order valence-corrected chi connectivity index (χ3v) is 2.64. The van der Waals surface area contributed by atoms with Crippen LogP contribution in [-0.4, -0.2) is 23.0 Å². The Hall–Kier alpha value is 0.700. The molecule has 0 nitrogen and oxygen atoms in total. The van der Waals surface area contributed by atoms with Crippen molar-refractivity contribution in [1.29, 1.82) is 0 Å². The molecular formula is C7H15S2. The van der Waals surface area contributed by atoms with Crippen LogP contribution in [0.2, 0.25) is 0 Å². The van der Waals surface area contributed by atoms with Crippen LogP contribution in [0.5, 0.6) is 0 Å². The fourth-order valence-corrected chi connectivity index (χ4v) is 1.64. The van der Waals surface area contributed by atoms with Crippen LogP contribution in [-0.2, 0) is 0 Å². The van der Waals surface area contributed by atoms with Crippen molar-refractivity contribution < 1.29 is 0 Å². The van der Waals surface area contributed by atoms with Crippen LogP contribution in [0.15, 0.2) is 0 Å². The summed E-state index contributed by atoms with van der Waals surface area (Å²) in [5.41, 5.74) is 0. The van der Waals surface area contributed by atoms with Crippen molar-refractivity contribution in [3.8, 4) is 0 Å². The normalized spacial score (nSPS) is 10.0. The summed E-state index contributed by atoms with van der Waals surface area (Å²) in [6, 6.07) is 0. The molecule has 0 bridgehead atoms. The molecule has 0 aromatic carbocycles. The largest absolute Gasteiger partial charge is 0.162 e. The monoisotopic (exact) mass is 163 g/mol. The quantitative estimate of drug-likeness (QED) is 0.552. The molecule has 0 amide bonds. The van der Waals surface area contributed by atoms with Crippen molar-refractivity contribution in [1.82, 2.24) is 0 Å². The molecule has 2 heteroatoms. The predicted octanol–water partition coefficient (Wildman–Crippen LogP) is 2.70. The fourth-order valence-electron chi connectivity index (χ4n) is 0.450. The van der Waals surface area contributed by atoms with E-state index < -0.39 is 0 Å². The second kappa shape index (κ2) is 8.70. The zero-order chi connectivity index (χ0) is 6.95. The molecule has 1 radical (unpaired) electrons. The van der Waals surface area contributed by atoms with Gasteiger partial charge in [0.05, 0.1) is 0 Å². The van der Waals surface area contributed by atoms with Crippen LogP contribution in [0.1, 0.15) is 13.8 Å². The Balaban J connectivity index is 2.60. The lowest BCUT2D eigenvalue weighted by Crippen LogP contribution is -1.85. The average Bonchev–Trinajstić information content (AvgIpc) is 1.89. The molecule has 55 valence electrons. The summed E-state index contributed by atoms with van der Waals surface area (Å²) in [5.74, 6) is 4.94. The standard InChI is InChI=1S/C7H15S2/c1-3-8-6-5-7-9-4-2/h5H,3-4,6-7H2,1-2H3. The van der Waals surface area contributed by atoms with Crippen molar-refractivity contribution in [3.63, 3.8) is 0 Å². The summed E-state index contributed by atoms with van der Waals surface area (Å²) in [4.78, 5) is 0. The van der Waals surface area contributed by atoms with Gasteiger partial charge in [0.1, 0.15) is 0 Å². The molecule has 0 fully saturated rings. The molecule has 0 aliphatic rings. The maximum absolute atomic E-state index is 2.35. The van der Waals surface area contributed by atoms with Crippen molar-refractivity contribution >= 4 is 23.5 Å². The van der Waals surface area contributed by atoms with Crippen LogP contribution in [0.4, 0.5) is 0 Å². The lowest BCUT2D eigenvalue weighted by Gasteiger charge is -1.95. The first kappa shape index (κ1) is 9.70. The molecule has 0 aromatic rings. The summed E-state index contributed by atoms with van der Waals surface area (Å²) in [6.45, 7) is 4.40. The van der Waals surface area contributed by atoms with Gasteiger partial charge in [-0.05, 0) is 29.4 Å². The van der Waals surface area contributed by atoms with E-state index in [0.29, 0.717) is 0 Å². The molecule has 0 spiro atoms. The van der Waals surface area contributed by atoms with Crippen molar-refractivity contribution in [2.75, 3.05) is 23.0 Å². The lowest BCUT2D eigenvalue weighted by atomic mass is 10.6. The third kappa shape index (κ3) is 8.70. The van der Waals surface area contributed by atoms with Gasteiger partial charge in [0, 0.05) is 0 Å². The molecule has 0 heterocycles. The second-order valence-corrected chi connectivity index (χ2v) is 4.25. The van der Waals surface area contributed by atoms with Crippen LogP contribution < -0.4 is 0 Å². The molecule has 0 saturated carbocycles. The summed E-state index contributed by atoms with van der Waals surface area (Å²) in [5, 5.41) is 0. The van der Waals surface area contributed by atoms with E-state index in [-0.39, 0.29) is 0 Å². The Labute approximate surface area is 67.2 Å².